The van der Waals surface area contributed by atoms with E-state index in [-0.39, 0.29) is 15.8 Å². The summed E-state index contributed by atoms with van der Waals surface area (Å²) in [5.74, 6) is -0.219. The topological polar surface area (TPSA) is 92.5 Å². The Kier molecular flexibility index (Phi) is 6.67. The van der Waals surface area contributed by atoms with Crippen molar-refractivity contribution in [2.45, 2.75) is 45.4 Å². The van der Waals surface area contributed by atoms with E-state index in [1.807, 2.05) is 0 Å². The molecule has 2 rings (SSSR count). The van der Waals surface area contributed by atoms with Gasteiger partial charge in [0.15, 0.2) is 0 Å². The molecule has 1 unspecified atom stereocenters. The number of hydrogen-bond acceptors (Lipinski definition) is 5. The fourth-order valence-corrected chi connectivity index (χ4v) is 4.93. The van der Waals surface area contributed by atoms with Crippen LogP contribution in [-0.4, -0.2) is 36.9 Å². The van der Waals surface area contributed by atoms with Crippen molar-refractivity contribution in [1.29, 1.82) is 0 Å². The van der Waals surface area contributed by atoms with Crippen LogP contribution in [-0.2, 0) is 14.8 Å². The monoisotopic (exact) mass is 413 g/mol. The molecule has 0 fully saturated rings. The molecule has 1 N–H and O–H groups in total. The van der Waals surface area contributed by atoms with Gasteiger partial charge in [0.1, 0.15) is 10.7 Å². The first-order valence-electron chi connectivity index (χ1n) is 8.66. The maximum atomic E-state index is 12.8. The van der Waals surface area contributed by atoms with Gasteiger partial charge in [0, 0.05) is 24.3 Å². The van der Waals surface area contributed by atoms with Crippen LogP contribution in [0.1, 0.15) is 43.7 Å². The molecule has 1 atom stereocenters. The number of carbonyl (C=O) groups excluding carboxylic acids is 1. The Morgan fingerprint density at radius 3 is 2.44 bits per heavy atom. The number of rotatable bonds is 7. The van der Waals surface area contributed by atoms with Gasteiger partial charge in [-0.2, -0.15) is 4.31 Å². The number of aromatic nitrogens is 1. The first-order chi connectivity index (χ1) is 12.6. The molecule has 2 aromatic rings. The van der Waals surface area contributed by atoms with Gasteiger partial charge in [-0.05, 0) is 39.0 Å². The van der Waals surface area contributed by atoms with Gasteiger partial charge < -0.3 is 9.84 Å². The zero-order valence-electron chi connectivity index (χ0n) is 16.0. The molecule has 1 amide bonds. The number of halogens is 1. The molecule has 27 heavy (non-hydrogen) atoms. The Hall–Kier alpha value is -1.90. The summed E-state index contributed by atoms with van der Waals surface area (Å²) in [5, 5.41) is 6.72. The molecule has 148 valence electrons. The van der Waals surface area contributed by atoms with Crippen molar-refractivity contribution in [2.24, 2.45) is 0 Å². The van der Waals surface area contributed by atoms with Gasteiger partial charge in [-0.15, -0.1) is 0 Å². The van der Waals surface area contributed by atoms with E-state index in [0.29, 0.717) is 30.2 Å². The Morgan fingerprint density at radius 1 is 1.30 bits per heavy atom. The van der Waals surface area contributed by atoms with E-state index in [1.54, 1.807) is 40.7 Å². The smallest absolute Gasteiger partial charge is 0.244 e. The summed E-state index contributed by atoms with van der Waals surface area (Å²) in [6.45, 7) is 9.43. The van der Waals surface area contributed by atoms with E-state index in [1.165, 1.54) is 16.4 Å². The van der Waals surface area contributed by atoms with E-state index >= 15 is 0 Å². The van der Waals surface area contributed by atoms with Crippen LogP contribution in [0.15, 0.2) is 27.6 Å². The summed E-state index contributed by atoms with van der Waals surface area (Å²) in [6, 6.07) is 4.42. The number of sulfonamides is 1. The van der Waals surface area contributed by atoms with Crippen molar-refractivity contribution in [2.75, 3.05) is 18.4 Å². The third kappa shape index (κ3) is 4.34. The number of amides is 1. The van der Waals surface area contributed by atoms with Crippen LogP contribution in [0.2, 0.25) is 5.02 Å². The van der Waals surface area contributed by atoms with Crippen LogP contribution in [0.4, 0.5) is 5.69 Å². The maximum absolute atomic E-state index is 12.8. The average molecular weight is 414 g/mol. The predicted octanol–water partition coefficient (Wildman–Crippen LogP) is 3.72. The van der Waals surface area contributed by atoms with Gasteiger partial charge in [0.2, 0.25) is 15.9 Å². The molecule has 1 aromatic carbocycles. The molecule has 0 aliphatic rings. The molecular formula is C18H24ClN3O4S. The largest absolute Gasteiger partial charge is 0.361 e. The molecule has 0 spiro atoms. The van der Waals surface area contributed by atoms with E-state index in [9.17, 15) is 13.2 Å². The minimum atomic E-state index is -3.74. The molecule has 0 bridgehead atoms. The Balaban J connectivity index is 2.32. The Morgan fingerprint density at radius 2 is 1.93 bits per heavy atom. The molecule has 0 saturated carbocycles. The molecule has 1 aromatic heterocycles. The van der Waals surface area contributed by atoms with E-state index in [0.717, 1.165) is 5.56 Å². The van der Waals surface area contributed by atoms with Crippen LogP contribution in [0, 0.1) is 13.8 Å². The fraction of sp³-hybridized carbons (Fsp3) is 0.444. The lowest BCUT2D eigenvalue weighted by molar-refractivity contribution is -0.117. The minimum absolute atomic E-state index is 0.0318. The predicted molar refractivity (Wildman–Crippen MR) is 105 cm³/mol. The molecule has 7 nitrogen and oxygen atoms in total. The van der Waals surface area contributed by atoms with Gasteiger partial charge in [0.05, 0.1) is 16.6 Å². The minimum Gasteiger partial charge on any atom is -0.361 e. The summed E-state index contributed by atoms with van der Waals surface area (Å²) in [7, 11) is -3.74. The normalized spacial score (nSPS) is 13.0. The highest BCUT2D eigenvalue weighted by Gasteiger charge is 2.26. The molecule has 1 heterocycles. The standard InChI is InChI=1S/C18H24ClN3O4S/c1-6-22(7-2)27(24,25)16-10-14(8-9-15(16)19)20-18(23)11(3)17-12(4)21-26-13(17)5/h8-11H,6-7H2,1-5H3,(H,20,23). The molecule has 0 aliphatic heterocycles. The quantitative estimate of drug-likeness (QED) is 0.746. The number of benzene rings is 1. The molecule has 0 saturated heterocycles. The fourth-order valence-electron chi connectivity index (χ4n) is 2.97. The SMILES string of the molecule is CCN(CC)S(=O)(=O)c1cc(NC(=O)C(C)c2c(C)noc2C)ccc1Cl. The van der Waals surface area contributed by atoms with Crippen LogP contribution < -0.4 is 5.32 Å². The Labute approximate surface area is 164 Å². The number of hydrogen-bond donors (Lipinski definition) is 1. The van der Waals surface area contributed by atoms with Crippen molar-refractivity contribution in [3.05, 3.63) is 40.2 Å². The second-order valence-electron chi connectivity index (χ2n) is 6.18. The summed E-state index contributed by atoms with van der Waals surface area (Å²) in [4.78, 5) is 12.6. The number of carbonyl (C=O) groups is 1. The third-order valence-corrected chi connectivity index (χ3v) is 6.97. The lowest BCUT2D eigenvalue weighted by Gasteiger charge is -2.20. The number of anilines is 1. The van der Waals surface area contributed by atoms with Crippen LogP contribution >= 0.6 is 11.6 Å². The van der Waals surface area contributed by atoms with Crippen molar-refractivity contribution in [1.82, 2.24) is 9.46 Å². The lowest BCUT2D eigenvalue weighted by atomic mass is 9.98. The van der Waals surface area contributed by atoms with Gasteiger partial charge in [-0.1, -0.05) is 30.6 Å². The van der Waals surface area contributed by atoms with E-state index in [2.05, 4.69) is 10.5 Å². The summed E-state index contributed by atoms with van der Waals surface area (Å²) in [6.07, 6.45) is 0. The second-order valence-corrected chi connectivity index (χ2v) is 8.50. The average Bonchev–Trinajstić information content (AvgIpc) is 2.95. The van der Waals surface area contributed by atoms with Crippen molar-refractivity contribution in [3.63, 3.8) is 0 Å². The van der Waals surface area contributed by atoms with Crippen LogP contribution in [0.3, 0.4) is 0 Å². The highest BCUT2D eigenvalue weighted by molar-refractivity contribution is 7.89. The summed E-state index contributed by atoms with van der Waals surface area (Å²) < 4.78 is 32.0. The first-order valence-corrected chi connectivity index (χ1v) is 10.5. The van der Waals surface area contributed by atoms with E-state index < -0.39 is 15.9 Å². The molecule has 0 aliphatic carbocycles. The number of nitrogens with one attached hydrogen (secondary N) is 1. The van der Waals surface area contributed by atoms with Gasteiger partial charge in [-0.3, -0.25) is 4.79 Å². The van der Waals surface area contributed by atoms with Gasteiger partial charge in [-0.25, -0.2) is 8.42 Å². The third-order valence-electron chi connectivity index (χ3n) is 4.44. The van der Waals surface area contributed by atoms with Crippen molar-refractivity contribution < 1.29 is 17.7 Å². The molecule has 0 radical (unpaired) electrons. The van der Waals surface area contributed by atoms with Crippen molar-refractivity contribution >= 4 is 33.2 Å². The van der Waals surface area contributed by atoms with Crippen LogP contribution in [0.5, 0.6) is 0 Å². The van der Waals surface area contributed by atoms with Gasteiger partial charge in [0.25, 0.3) is 0 Å². The molecule has 9 heteroatoms. The highest BCUT2D eigenvalue weighted by Crippen LogP contribution is 2.29. The summed E-state index contributed by atoms with van der Waals surface area (Å²) >= 11 is 6.12. The first kappa shape index (κ1) is 21.4. The number of nitrogens with zero attached hydrogens (tertiary/aromatic N) is 2. The van der Waals surface area contributed by atoms with Crippen molar-refractivity contribution in [3.8, 4) is 0 Å². The van der Waals surface area contributed by atoms with Gasteiger partial charge >= 0.3 is 0 Å². The second kappa shape index (κ2) is 8.41. The maximum Gasteiger partial charge on any atom is 0.244 e. The number of aryl methyl sites for hydroxylation is 2. The lowest BCUT2D eigenvalue weighted by Crippen LogP contribution is -2.31. The Bertz CT molecular complexity index is 917. The summed E-state index contributed by atoms with van der Waals surface area (Å²) in [5.41, 5.74) is 1.72. The zero-order valence-corrected chi connectivity index (χ0v) is 17.6. The van der Waals surface area contributed by atoms with E-state index in [4.69, 9.17) is 16.1 Å². The van der Waals surface area contributed by atoms with Crippen LogP contribution in [0.25, 0.3) is 0 Å². The highest BCUT2D eigenvalue weighted by atomic mass is 35.5. The molecular weight excluding hydrogens is 390 g/mol. The zero-order chi connectivity index (χ0) is 20.4.